The molecule has 0 bridgehead atoms. The molecule has 0 saturated heterocycles. The van der Waals surface area contributed by atoms with Crippen LogP contribution in [-0.2, 0) is 4.74 Å². The van der Waals surface area contributed by atoms with Crippen LogP contribution in [0.25, 0.3) is 0 Å². The van der Waals surface area contributed by atoms with Crippen molar-refractivity contribution in [2.75, 3.05) is 26.8 Å². The van der Waals surface area contributed by atoms with Gasteiger partial charge < -0.3 is 15.4 Å². The topological polar surface area (TPSA) is 45.6 Å². The van der Waals surface area contributed by atoms with Crippen LogP contribution in [0.2, 0.25) is 0 Å². The second-order valence-corrected chi connectivity index (χ2v) is 4.57. The van der Waals surface area contributed by atoms with Gasteiger partial charge in [0.2, 0.25) is 0 Å². The van der Waals surface area contributed by atoms with Crippen LogP contribution in [0, 0.1) is 12.7 Å². The van der Waals surface area contributed by atoms with Gasteiger partial charge in [-0.05, 0) is 38.0 Å². The van der Waals surface area contributed by atoms with Crippen molar-refractivity contribution in [2.45, 2.75) is 26.8 Å². The van der Waals surface area contributed by atoms with E-state index in [-0.39, 0.29) is 11.9 Å². The van der Waals surface area contributed by atoms with E-state index in [0.29, 0.717) is 31.3 Å². The lowest BCUT2D eigenvalue weighted by Crippen LogP contribution is -2.40. The van der Waals surface area contributed by atoms with Gasteiger partial charge in [-0.25, -0.2) is 4.39 Å². The summed E-state index contributed by atoms with van der Waals surface area (Å²) >= 11 is 0. The van der Waals surface area contributed by atoms with E-state index in [4.69, 9.17) is 4.74 Å². The number of benzene rings is 1. The molecular formula is C15H24FN3O. The first-order chi connectivity index (χ1) is 9.58. The third-order valence-electron chi connectivity index (χ3n) is 3.02. The molecule has 0 fully saturated rings. The molecule has 1 aromatic rings. The van der Waals surface area contributed by atoms with E-state index in [1.165, 1.54) is 0 Å². The first-order valence-corrected chi connectivity index (χ1v) is 6.89. The molecule has 0 aliphatic rings. The van der Waals surface area contributed by atoms with E-state index in [1.54, 1.807) is 26.1 Å². The summed E-state index contributed by atoms with van der Waals surface area (Å²) in [6, 6.07) is 5.24. The zero-order valence-corrected chi connectivity index (χ0v) is 12.7. The molecule has 4 nitrogen and oxygen atoms in total. The van der Waals surface area contributed by atoms with Crippen LogP contribution < -0.4 is 10.6 Å². The standard InChI is InChI=1S/C15H24FN3O/c1-5-20-9-8-18-15(17-4)19-12(3)13-7-6-11(2)14(16)10-13/h6-7,10,12H,5,8-9H2,1-4H3,(H2,17,18,19). The highest BCUT2D eigenvalue weighted by molar-refractivity contribution is 5.80. The Labute approximate surface area is 120 Å². The van der Waals surface area contributed by atoms with Crippen LogP contribution in [-0.4, -0.2) is 32.8 Å². The maximum Gasteiger partial charge on any atom is 0.191 e. The highest BCUT2D eigenvalue weighted by Crippen LogP contribution is 2.16. The van der Waals surface area contributed by atoms with Crippen LogP contribution in [0.1, 0.15) is 31.0 Å². The highest BCUT2D eigenvalue weighted by Gasteiger charge is 2.09. The summed E-state index contributed by atoms with van der Waals surface area (Å²) in [5.41, 5.74) is 1.54. The summed E-state index contributed by atoms with van der Waals surface area (Å²) in [5.74, 6) is 0.494. The summed E-state index contributed by atoms with van der Waals surface area (Å²) in [7, 11) is 1.71. The number of guanidine groups is 1. The molecule has 0 aliphatic heterocycles. The Balaban J connectivity index is 2.54. The van der Waals surface area contributed by atoms with Crippen molar-refractivity contribution in [3.05, 3.63) is 35.1 Å². The quantitative estimate of drug-likeness (QED) is 0.478. The average Bonchev–Trinajstić information content (AvgIpc) is 2.44. The Bertz CT molecular complexity index is 449. The SMILES string of the molecule is CCOCCNC(=NC)NC(C)c1ccc(C)c(F)c1. The molecule has 1 atom stereocenters. The van der Waals surface area contributed by atoms with Crippen molar-refractivity contribution >= 4 is 5.96 Å². The molecule has 5 heteroatoms. The fourth-order valence-corrected chi connectivity index (χ4v) is 1.75. The molecular weight excluding hydrogens is 257 g/mol. The molecule has 0 amide bonds. The summed E-state index contributed by atoms with van der Waals surface area (Å²) in [6.45, 7) is 7.70. The number of hydrogen-bond acceptors (Lipinski definition) is 2. The molecule has 20 heavy (non-hydrogen) atoms. The van der Waals surface area contributed by atoms with E-state index in [0.717, 1.165) is 5.56 Å². The first-order valence-electron chi connectivity index (χ1n) is 6.89. The van der Waals surface area contributed by atoms with Gasteiger partial charge in [-0.15, -0.1) is 0 Å². The molecule has 1 rings (SSSR count). The molecule has 112 valence electrons. The summed E-state index contributed by atoms with van der Waals surface area (Å²) < 4.78 is 18.8. The van der Waals surface area contributed by atoms with Gasteiger partial charge >= 0.3 is 0 Å². The Kier molecular flexibility index (Phi) is 7.01. The summed E-state index contributed by atoms with van der Waals surface area (Å²) in [6.07, 6.45) is 0. The Morgan fingerprint density at radius 3 is 2.80 bits per heavy atom. The molecule has 0 aliphatic carbocycles. The maximum absolute atomic E-state index is 13.6. The maximum atomic E-state index is 13.6. The minimum absolute atomic E-state index is 0.0246. The summed E-state index contributed by atoms with van der Waals surface area (Å²) in [4.78, 5) is 4.14. The van der Waals surface area contributed by atoms with Crippen LogP contribution in [0.15, 0.2) is 23.2 Å². The molecule has 2 N–H and O–H groups in total. The molecule has 1 unspecified atom stereocenters. The lowest BCUT2D eigenvalue weighted by Gasteiger charge is -2.18. The Hall–Kier alpha value is -1.62. The minimum Gasteiger partial charge on any atom is -0.380 e. The van der Waals surface area contributed by atoms with E-state index in [1.807, 2.05) is 19.9 Å². The van der Waals surface area contributed by atoms with Crippen LogP contribution in [0.5, 0.6) is 0 Å². The lowest BCUT2D eigenvalue weighted by molar-refractivity contribution is 0.152. The second-order valence-electron chi connectivity index (χ2n) is 4.57. The van der Waals surface area contributed by atoms with Crippen LogP contribution in [0.3, 0.4) is 0 Å². The van der Waals surface area contributed by atoms with Crippen molar-refractivity contribution in [1.29, 1.82) is 0 Å². The number of aryl methyl sites for hydroxylation is 1. The van der Waals surface area contributed by atoms with E-state index < -0.39 is 0 Å². The molecule has 0 saturated carbocycles. The fraction of sp³-hybridized carbons (Fsp3) is 0.533. The predicted octanol–water partition coefficient (Wildman–Crippen LogP) is 2.40. The average molecular weight is 281 g/mol. The van der Waals surface area contributed by atoms with Crippen LogP contribution >= 0.6 is 0 Å². The molecule has 0 spiro atoms. The lowest BCUT2D eigenvalue weighted by atomic mass is 10.1. The number of nitrogens with one attached hydrogen (secondary N) is 2. The first kappa shape index (κ1) is 16.4. The van der Waals surface area contributed by atoms with Gasteiger partial charge in [0.15, 0.2) is 5.96 Å². The Morgan fingerprint density at radius 2 is 2.20 bits per heavy atom. The smallest absolute Gasteiger partial charge is 0.191 e. The van der Waals surface area contributed by atoms with Crippen molar-refractivity contribution in [2.24, 2.45) is 4.99 Å². The Morgan fingerprint density at radius 1 is 1.45 bits per heavy atom. The normalized spacial score (nSPS) is 13.2. The minimum atomic E-state index is -0.185. The van der Waals surface area contributed by atoms with E-state index >= 15 is 0 Å². The van der Waals surface area contributed by atoms with Crippen molar-refractivity contribution in [3.8, 4) is 0 Å². The zero-order chi connectivity index (χ0) is 15.0. The van der Waals surface area contributed by atoms with Crippen molar-refractivity contribution in [3.63, 3.8) is 0 Å². The van der Waals surface area contributed by atoms with Crippen molar-refractivity contribution < 1.29 is 9.13 Å². The number of ether oxygens (including phenoxy) is 1. The summed E-state index contributed by atoms with van der Waals surface area (Å²) in [5, 5.41) is 6.37. The van der Waals surface area contributed by atoms with Gasteiger partial charge in [0, 0.05) is 20.2 Å². The number of aliphatic imine (C=N–C) groups is 1. The second kappa shape index (κ2) is 8.53. The predicted molar refractivity (Wildman–Crippen MR) is 80.5 cm³/mol. The largest absolute Gasteiger partial charge is 0.380 e. The fourth-order valence-electron chi connectivity index (χ4n) is 1.75. The molecule has 0 aromatic heterocycles. The third-order valence-corrected chi connectivity index (χ3v) is 3.02. The van der Waals surface area contributed by atoms with E-state index in [2.05, 4.69) is 15.6 Å². The number of nitrogens with zero attached hydrogens (tertiary/aromatic N) is 1. The van der Waals surface area contributed by atoms with Crippen LogP contribution in [0.4, 0.5) is 4.39 Å². The molecule has 0 radical (unpaired) electrons. The van der Waals surface area contributed by atoms with Crippen molar-refractivity contribution in [1.82, 2.24) is 10.6 Å². The van der Waals surface area contributed by atoms with Gasteiger partial charge in [-0.3, -0.25) is 4.99 Å². The van der Waals surface area contributed by atoms with Gasteiger partial charge in [0.1, 0.15) is 5.82 Å². The number of hydrogen-bond donors (Lipinski definition) is 2. The number of halogens is 1. The molecule has 1 aromatic carbocycles. The van der Waals surface area contributed by atoms with Gasteiger partial charge in [0.25, 0.3) is 0 Å². The van der Waals surface area contributed by atoms with E-state index in [9.17, 15) is 4.39 Å². The molecule has 0 heterocycles. The van der Waals surface area contributed by atoms with Gasteiger partial charge in [-0.2, -0.15) is 0 Å². The zero-order valence-electron chi connectivity index (χ0n) is 12.7. The number of rotatable bonds is 6. The monoisotopic (exact) mass is 281 g/mol. The van der Waals surface area contributed by atoms with Gasteiger partial charge in [-0.1, -0.05) is 12.1 Å². The highest BCUT2D eigenvalue weighted by atomic mass is 19.1. The third kappa shape index (κ3) is 5.17. The van der Waals surface area contributed by atoms with Gasteiger partial charge in [0.05, 0.1) is 12.6 Å².